The number of H-pyrrole nitrogens is 1. The first-order chi connectivity index (χ1) is 9.10. The van der Waals surface area contributed by atoms with Gasteiger partial charge in [0.2, 0.25) is 0 Å². The van der Waals surface area contributed by atoms with E-state index in [1.54, 1.807) is 17.5 Å². The van der Waals surface area contributed by atoms with E-state index in [1.165, 1.54) is 13.2 Å². The summed E-state index contributed by atoms with van der Waals surface area (Å²) < 4.78 is 4.97. The zero-order valence-corrected chi connectivity index (χ0v) is 10.8. The first kappa shape index (κ1) is 13.1. The number of thiazole rings is 1. The Hall–Kier alpha value is -2.35. The summed E-state index contributed by atoms with van der Waals surface area (Å²) in [6.07, 6.45) is 0. The molecule has 0 amide bonds. The summed E-state index contributed by atoms with van der Waals surface area (Å²) in [5, 5.41) is 15.5. The second-order valence-electron chi connectivity index (χ2n) is 3.67. The minimum Gasteiger partial charge on any atom is -0.490 e. The van der Waals surface area contributed by atoms with Crippen molar-refractivity contribution in [2.24, 2.45) is 0 Å². The predicted molar refractivity (Wildman–Crippen MR) is 71.9 cm³/mol. The van der Waals surface area contributed by atoms with Crippen molar-refractivity contribution < 1.29 is 9.66 Å². The van der Waals surface area contributed by atoms with Crippen LogP contribution in [0.25, 0.3) is 0 Å². The van der Waals surface area contributed by atoms with Crippen molar-refractivity contribution in [3.8, 4) is 5.75 Å². The molecule has 1 aromatic carbocycles. The Morgan fingerprint density at radius 3 is 2.89 bits per heavy atom. The topological polar surface area (TPSA) is 97.3 Å². The fourth-order valence-electron chi connectivity index (χ4n) is 1.54. The number of anilines is 1. The van der Waals surface area contributed by atoms with E-state index in [0.717, 1.165) is 17.0 Å². The van der Waals surface area contributed by atoms with Crippen LogP contribution in [0, 0.1) is 10.1 Å². The maximum atomic E-state index is 11.0. The molecule has 2 aromatic rings. The Bertz CT molecular complexity index is 649. The zero-order valence-electron chi connectivity index (χ0n) is 10.0. The Labute approximate surface area is 112 Å². The summed E-state index contributed by atoms with van der Waals surface area (Å²) in [5.41, 5.74) is 1.35. The Morgan fingerprint density at radius 1 is 1.53 bits per heavy atom. The molecule has 0 unspecified atom stereocenters. The van der Waals surface area contributed by atoms with Gasteiger partial charge in [0.25, 0.3) is 0 Å². The van der Waals surface area contributed by atoms with Crippen molar-refractivity contribution in [1.82, 2.24) is 4.98 Å². The number of nitrogens with one attached hydrogen (secondary N) is 2. The number of nitro benzene ring substituents is 1. The molecule has 100 valence electrons. The van der Waals surface area contributed by atoms with Crippen molar-refractivity contribution in [2.45, 2.75) is 6.54 Å². The lowest BCUT2D eigenvalue weighted by Gasteiger charge is -2.07. The molecular formula is C11H11N3O4S. The van der Waals surface area contributed by atoms with Crippen molar-refractivity contribution in [1.29, 1.82) is 0 Å². The van der Waals surface area contributed by atoms with Crippen molar-refractivity contribution in [2.75, 3.05) is 12.4 Å². The summed E-state index contributed by atoms with van der Waals surface area (Å²) in [4.78, 5) is 23.8. The van der Waals surface area contributed by atoms with Crippen LogP contribution in [0.4, 0.5) is 11.4 Å². The van der Waals surface area contributed by atoms with Gasteiger partial charge < -0.3 is 15.0 Å². The summed E-state index contributed by atoms with van der Waals surface area (Å²) >= 11 is 1.09. The highest BCUT2D eigenvalue weighted by atomic mass is 32.1. The number of nitro groups is 1. The maximum absolute atomic E-state index is 11.0. The van der Waals surface area contributed by atoms with Gasteiger partial charge in [-0.15, -0.1) is 0 Å². The largest absolute Gasteiger partial charge is 0.490 e. The van der Waals surface area contributed by atoms with Gasteiger partial charge in [0, 0.05) is 28.9 Å². The second kappa shape index (κ2) is 5.53. The molecule has 7 nitrogen and oxygen atoms in total. The number of hydrogen-bond acceptors (Lipinski definition) is 6. The quantitative estimate of drug-likeness (QED) is 0.645. The number of benzene rings is 1. The molecule has 0 bridgehead atoms. The molecule has 0 saturated heterocycles. The van der Waals surface area contributed by atoms with Gasteiger partial charge in [-0.05, 0) is 6.07 Å². The lowest BCUT2D eigenvalue weighted by molar-refractivity contribution is -0.385. The summed E-state index contributed by atoms with van der Waals surface area (Å²) in [5.74, 6) is 0.189. The molecule has 1 aromatic heterocycles. The average Bonchev–Trinajstić information content (AvgIpc) is 2.81. The van der Waals surface area contributed by atoms with Crippen LogP contribution >= 0.6 is 11.3 Å². The van der Waals surface area contributed by atoms with Gasteiger partial charge in [0.05, 0.1) is 18.6 Å². The first-order valence-corrected chi connectivity index (χ1v) is 6.21. The summed E-state index contributed by atoms with van der Waals surface area (Å²) in [6.45, 7) is 0.430. The number of nitrogens with zero attached hydrogens (tertiary/aromatic N) is 1. The smallest absolute Gasteiger partial charge is 0.311 e. The van der Waals surface area contributed by atoms with Gasteiger partial charge in [-0.1, -0.05) is 11.3 Å². The van der Waals surface area contributed by atoms with Gasteiger partial charge in [0.15, 0.2) is 5.75 Å². The molecule has 0 radical (unpaired) electrons. The monoisotopic (exact) mass is 281 g/mol. The van der Waals surface area contributed by atoms with E-state index in [0.29, 0.717) is 12.2 Å². The van der Waals surface area contributed by atoms with E-state index in [-0.39, 0.29) is 16.3 Å². The molecule has 2 N–H and O–H groups in total. The lowest BCUT2D eigenvalue weighted by atomic mass is 10.2. The molecule has 0 aliphatic heterocycles. The van der Waals surface area contributed by atoms with Gasteiger partial charge in [-0.25, -0.2) is 0 Å². The zero-order chi connectivity index (χ0) is 13.8. The maximum Gasteiger partial charge on any atom is 0.311 e. The molecule has 2 rings (SSSR count). The Balaban J connectivity index is 2.13. The first-order valence-electron chi connectivity index (χ1n) is 5.33. The lowest BCUT2D eigenvalue weighted by Crippen LogP contribution is -2.03. The molecule has 0 saturated carbocycles. The van der Waals surface area contributed by atoms with E-state index >= 15 is 0 Å². The SMILES string of the molecule is COc1cc(NCc2csc(=O)[nH]2)ccc1[N+](=O)[O-]. The standard InChI is InChI=1S/C11H11N3O4S/c1-18-10-4-7(2-3-9(10)14(16)17)12-5-8-6-19-11(15)13-8/h2-4,6,12H,5H2,1H3,(H,13,15). The van der Waals surface area contributed by atoms with E-state index in [9.17, 15) is 14.9 Å². The van der Waals surface area contributed by atoms with Crippen LogP contribution in [0.2, 0.25) is 0 Å². The molecule has 0 aliphatic rings. The minimum absolute atomic E-state index is 0.0861. The van der Waals surface area contributed by atoms with Crippen LogP contribution in [0.15, 0.2) is 28.4 Å². The molecule has 0 atom stereocenters. The molecule has 0 spiro atoms. The molecule has 8 heteroatoms. The highest BCUT2D eigenvalue weighted by Gasteiger charge is 2.14. The molecule has 1 heterocycles. The minimum atomic E-state index is -0.501. The fraction of sp³-hybridized carbons (Fsp3) is 0.182. The van der Waals surface area contributed by atoms with Gasteiger partial charge in [-0.2, -0.15) is 0 Å². The van der Waals surface area contributed by atoms with Crippen LogP contribution < -0.4 is 14.9 Å². The number of hydrogen-bond donors (Lipinski definition) is 2. The molecule has 0 aliphatic carbocycles. The number of rotatable bonds is 5. The van der Waals surface area contributed by atoms with Crippen LogP contribution in [-0.2, 0) is 6.54 Å². The van der Waals surface area contributed by atoms with Gasteiger partial charge in [0.1, 0.15) is 0 Å². The van der Waals surface area contributed by atoms with Crippen molar-refractivity contribution in [3.63, 3.8) is 0 Å². The summed E-state index contributed by atoms with van der Waals surface area (Å²) in [7, 11) is 1.38. The number of aromatic amines is 1. The van der Waals surface area contributed by atoms with Gasteiger partial charge >= 0.3 is 10.6 Å². The van der Waals surface area contributed by atoms with E-state index < -0.39 is 4.92 Å². The Morgan fingerprint density at radius 2 is 2.32 bits per heavy atom. The number of aromatic nitrogens is 1. The third-order valence-corrected chi connectivity index (χ3v) is 3.15. The summed E-state index contributed by atoms with van der Waals surface area (Å²) in [6, 6.07) is 4.51. The van der Waals surface area contributed by atoms with Crippen LogP contribution in [-0.4, -0.2) is 17.0 Å². The molecular weight excluding hydrogens is 270 g/mol. The van der Waals surface area contributed by atoms with E-state index in [4.69, 9.17) is 4.74 Å². The highest BCUT2D eigenvalue weighted by molar-refractivity contribution is 7.07. The fourth-order valence-corrected chi connectivity index (χ4v) is 2.12. The normalized spacial score (nSPS) is 10.2. The third kappa shape index (κ3) is 3.10. The highest BCUT2D eigenvalue weighted by Crippen LogP contribution is 2.29. The third-order valence-electron chi connectivity index (χ3n) is 2.43. The van der Waals surface area contributed by atoms with Crippen molar-refractivity contribution >= 4 is 22.7 Å². The molecule has 19 heavy (non-hydrogen) atoms. The number of ether oxygens (including phenoxy) is 1. The van der Waals surface area contributed by atoms with Crippen LogP contribution in [0.5, 0.6) is 5.75 Å². The van der Waals surface area contributed by atoms with E-state index in [2.05, 4.69) is 10.3 Å². The van der Waals surface area contributed by atoms with Crippen molar-refractivity contribution in [3.05, 3.63) is 49.1 Å². The van der Waals surface area contributed by atoms with Gasteiger partial charge in [-0.3, -0.25) is 14.9 Å². The number of methoxy groups -OCH3 is 1. The molecule has 0 fully saturated rings. The predicted octanol–water partition coefficient (Wildman–Crippen LogP) is 1.97. The Kier molecular flexibility index (Phi) is 3.81. The second-order valence-corrected chi connectivity index (χ2v) is 4.51. The van der Waals surface area contributed by atoms with E-state index in [1.807, 2.05) is 0 Å². The van der Waals surface area contributed by atoms with Crippen LogP contribution in [0.3, 0.4) is 0 Å². The van der Waals surface area contributed by atoms with Crippen LogP contribution in [0.1, 0.15) is 5.69 Å². The average molecular weight is 281 g/mol.